The van der Waals surface area contributed by atoms with E-state index in [0.717, 1.165) is 0 Å². The third-order valence-corrected chi connectivity index (χ3v) is 0. The molecule has 0 bridgehead atoms. The van der Waals surface area contributed by atoms with E-state index in [1.807, 2.05) is 0 Å². The van der Waals surface area contributed by atoms with Gasteiger partial charge in [0.05, 0.1) is 0 Å². The first-order valence-electron chi connectivity index (χ1n) is 1.35. The molecule has 0 heterocycles. The van der Waals surface area contributed by atoms with Gasteiger partial charge in [0, 0.05) is 0 Å². The van der Waals surface area contributed by atoms with Crippen LogP contribution in [0.4, 0.5) is 0 Å². The van der Waals surface area contributed by atoms with Crippen molar-refractivity contribution in [2.45, 2.75) is 0 Å². The molecule has 0 fully saturated rings. The van der Waals surface area contributed by atoms with Crippen LogP contribution < -0.4 is 0 Å². The Balaban J connectivity index is -0.0000000383. The van der Waals surface area contributed by atoms with Gasteiger partial charge in [-0.3, -0.25) is 13.6 Å². The Morgan fingerprint density at radius 3 is 1.09 bits per heavy atom. The van der Waals surface area contributed by atoms with Crippen molar-refractivity contribution in [1.29, 1.82) is 0 Å². The Labute approximate surface area is 129 Å². The molecule has 0 aromatic rings. The van der Waals surface area contributed by atoms with E-state index in [9.17, 15) is 0 Å². The van der Waals surface area contributed by atoms with E-state index in [4.69, 9.17) is 31.6 Å². The van der Waals surface area contributed by atoms with Crippen LogP contribution in [-0.4, -0.2) is 117 Å². The van der Waals surface area contributed by atoms with Crippen molar-refractivity contribution in [3.63, 3.8) is 0 Å². The minimum atomic E-state index is -4.67. The maximum atomic E-state index is 8.74. The quantitative estimate of drug-likeness (QED) is 0.254. The zero-order chi connectivity index (χ0) is 8.08. The molecule has 7 nitrogen and oxygen atoms in total. The van der Waals surface area contributed by atoms with Crippen molar-refractivity contribution in [1.82, 2.24) is 0 Å². The standard InChI is InChI=1S/K.Na.H2O4S.H2O3Si.2H/c;;1-5(2,3)4;1-4(2)3;;/h;;(H2,1,2,3,4);1-2H;;. The zero-order valence-corrected chi connectivity index (χ0v) is 5.74. The Bertz CT molecular complexity index is 161. The van der Waals surface area contributed by atoms with Gasteiger partial charge in [0.25, 0.3) is 0 Å². The first-order chi connectivity index (χ1) is 3.73. The molecule has 60 valence electrons. The Morgan fingerprint density at radius 1 is 1.09 bits per heavy atom. The molecule has 0 amide bonds. The molecule has 0 spiro atoms. The molecule has 0 aromatic carbocycles. The van der Waals surface area contributed by atoms with E-state index in [2.05, 4.69) is 0 Å². The molecule has 0 radical (unpaired) electrons. The van der Waals surface area contributed by atoms with Crippen LogP contribution in [0, 0.1) is 0 Å². The van der Waals surface area contributed by atoms with E-state index in [1.165, 1.54) is 0 Å². The fraction of sp³-hybridized carbons (Fsp3) is 0. The van der Waals surface area contributed by atoms with Gasteiger partial charge in [-0.1, -0.05) is 0 Å². The van der Waals surface area contributed by atoms with Crippen molar-refractivity contribution in [3.8, 4) is 0 Å². The van der Waals surface area contributed by atoms with Crippen LogP contribution in [0.3, 0.4) is 0 Å². The summed E-state index contributed by atoms with van der Waals surface area (Å²) >= 11 is 0. The monoisotopic (exact) mass is 240 g/mol. The summed E-state index contributed by atoms with van der Waals surface area (Å²) in [6.07, 6.45) is 0. The number of hydrogen-bond donors (Lipinski definition) is 4. The Kier molecular flexibility index (Phi) is 25.5. The first kappa shape index (κ1) is 23.2. The Hall–Kier alpha value is 2.12. The number of rotatable bonds is 0. The summed E-state index contributed by atoms with van der Waals surface area (Å²) < 4.78 is 40.3. The van der Waals surface area contributed by atoms with E-state index in [1.54, 1.807) is 0 Å². The van der Waals surface area contributed by atoms with E-state index >= 15 is 0 Å². The molecule has 11 heteroatoms. The van der Waals surface area contributed by atoms with Crippen molar-refractivity contribution < 1.29 is 31.6 Å². The van der Waals surface area contributed by atoms with Crippen LogP contribution in [0.1, 0.15) is 0 Å². The summed E-state index contributed by atoms with van der Waals surface area (Å²) in [5.74, 6) is 0. The van der Waals surface area contributed by atoms with Gasteiger partial charge in [-0.15, -0.1) is 0 Å². The first-order valence-corrected chi connectivity index (χ1v) is 4.05. The minimum absolute atomic E-state index is 0. The fourth-order valence-corrected chi connectivity index (χ4v) is 0. The second-order valence-corrected chi connectivity index (χ2v) is 2.19. The van der Waals surface area contributed by atoms with Gasteiger partial charge < -0.3 is 9.59 Å². The van der Waals surface area contributed by atoms with E-state index in [-0.39, 0.29) is 80.9 Å². The summed E-state index contributed by atoms with van der Waals surface area (Å²) in [5, 5.41) is 0. The molecule has 0 aromatic heterocycles. The van der Waals surface area contributed by atoms with Crippen LogP contribution >= 0.6 is 0 Å². The molecule has 0 aliphatic heterocycles. The molecule has 11 heavy (non-hydrogen) atoms. The molecular weight excluding hydrogens is 234 g/mol. The third kappa shape index (κ3) is 276. The Morgan fingerprint density at radius 2 is 1.09 bits per heavy atom. The second kappa shape index (κ2) is 12.1. The van der Waals surface area contributed by atoms with Crippen LogP contribution in [0.2, 0.25) is 0 Å². The van der Waals surface area contributed by atoms with Crippen LogP contribution in [0.5, 0.6) is 0 Å². The van der Waals surface area contributed by atoms with E-state index in [0.29, 0.717) is 0 Å². The second-order valence-electron chi connectivity index (χ2n) is 0.730. The van der Waals surface area contributed by atoms with Gasteiger partial charge in [0.1, 0.15) is 0 Å². The molecule has 0 saturated heterocycles. The van der Waals surface area contributed by atoms with Gasteiger partial charge in [-0.2, -0.15) is 8.42 Å². The molecular formula is H6KNaO7SSi. The predicted molar refractivity (Wildman–Crippen MR) is 39.4 cm³/mol. The van der Waals surface area contributed by atoms with Gasteiger partial charge in [-0.05, 0) is 0 Å². The molecule has 0 unspecified atom stereocenters. The van der Waals surface area contributed by atoms with Gasteiger partial charge in [0.15, 0.2) is 0 Å². The summed E-state index contributed by atoms with van der Waals surface area (Å²) in [4.78, 5) is 14.3. The average molecular weight is 240 g/mol. The number of hydrogen-bond acceptors (Lipinski definition) is 3. The third-order valence-electron chi connectivity index (χ3n) is 0. The van der Waals surface area contributed by atoms with Gasteiger partial charge in [0.2, 0.25) is 0 Å². The molecule has 0 aliphatic rings. The molecule has 0 rings (SSSR count). The maximum absolute atomic E-state index is 8.74. The van der Waals surface area contributed by atoms with Crippen molar-refractivity contribution in [2.75, 3.05) is 0 Å². The predicted octanol–water partition coefficient (Wildman–Crippen LogP) is -3.56. The fourth-order valence-electron chi connectivity index (χ4n) is 0. The molecule has 0 saturated carbocycles. The van der Waals surface area contributed by atoms with Crippen LogP contribution in [0.25, 0.3) is 0 Å². The molecule has 4 N–H and O–H groups in total. The van der Waals surface area contributed by atoms with Gasteiger partial charge >= 0.3 is 101 Å². The van der Waals surface area contributed by atoms with Crippen molar-refractivity contribution >= 4 is 101 Å². The summed E-state index contributed by atoms with van der Waals surface area (Å²) in [7, 11) is -7.80. The zero-order valence-electron chi connectivity index (χ0n) is 3.92. The van der Waals surface area contributed by atoms with Gasteiger partial charge in [-0.25, -0.2) is 0 Å². The van der Waals surface area contributed by atoms with Crippen molar-refractivity contribution in [2.24, 2.45) is 0 Å². The van der Waals surface area contributed by atoms with Crippen LogP contribution in [-0.2, 0) is 14.9 Å². The van der Waals surface area contributed by atoms with Crippen LogP contribution in [0.15, 0.2) is 0 Å². The van der Waals surface area contributed by atoms with Crippen molar-refractivity contribution in [3.05, 3.63) is 0 Å². The normalized spacial score (nSPS) is 7.45. The molecule has 0 atom stereocenters. The summed E-state index contributed by atoms with van der Waals surface area (Å²) in [6.45, 7) is 0. The van der Waals surface area contributed by atoms with E-state index < -0.39 is 19.6 Å². The average Bonchev–Trinajstić information content (AvgIpc) is 1.19. The summed E-state index contributed by atoms with van der Waals surface area (Å²) in [5.41, 5.74) is 0. The molecule has 0 aliphatic carbocycles. The SMILES string of the molecule is O=S(=O)(O)O.O=[Si](O)O.[KH].[NaH]. The topological polar surface area (TPSA) is 132 Å². The summed E-state index contributed by atoms with van der Waals surface area (Å²) in [6, 6.07) is 0.